The van der Waals surface area contributed by atoms with Gasteiger partial charge in [-0.3, -0.25) is 14.5 Å². The van der Waals surface area contributed by atoms with Crippen LogP contribution >= 0.6 is 34.4 Å². The molecule has 36 heavy (non-hydrogen) atoms. The maximum absolute atomic E-state index is 13.5. The van der Waals surface area contributed by atoms with Gasteiger partial charge in [0, 0.05) is 9.33 Å². The summed E-state index contributed by atoms with van der Waals surface area (Å²) in [5, 5.41) is 2.51. The number of ether oxygens (including phenoxy) is 1. The number of amides is 2. The molecule has 182 valence electrons. The van der Waals surface area contributed by atoms with Gasteiger partial charge in [-0.2, -0.15) is 0 Å². The van der Waals surface area contributed by atoms with Gasteiger partial charge < -0.3 is 10.1 Å². The van der Waals surface area contributed by atoms with Gasteiger partial charge in [-0.1, -0.05) is 91.0 Å². The Morgan fingerprint density at radius 2 is 1.50 bits per heavy atom. The Kier molecular flexibility index (Phi) is 7.43. The van der Waals surface area contributed by atoms with Crippen molar-refractivity contribution in [1.82, 2.24) is 10.2 Å². The van der Waals surface area contributed by atoms with Crippen LogP contribution in [-0.4, -0.2) is 39.9 Å². The number of hydrogen-bond acceptors (Lipinski definition) is 5. The van der Waals surface area contributed by atoms with Crippen molar-refractivity contribution in [2.24, 2.45) is 0 Å². The molecule has 3 aromatic carbocycles. The highest BCUT2D eigenvalue weighted by Gasteiger charge is 2.54. The van der Waals surface area contributed by atoms with Crippen LogP contribution in [0, 0.1) is 0 Å². The summed E-state index contributed by atoms with van der Waals surface area (Å²) in [7, 11) is 0. The van der Waals surface area contributed by atoms with Crippen molar-refractivity contribution < 1.29 is 19.1 Å². The van der Waals surface area contributed by atoms with E-state index >= 15 is 0 Å². The standard InChI is InChI=1S/C28H23IN2O4S/c29-21-17-36-27-23(30-22(32)16-18-10-4-1-5-11-18)26(33)31(27)24(21)28(34)35-25(19-12-6-2-7-13-19)20-14-8-3-9-15-20/h1-15,23,25,27H,16-17H2,(H,30,32)/t23?,27-/m0/s1. The number of halogens is 1. The quantitative estimate of drug-likeness (QED) is 0.241. The third-order valence-corrected chi connectivity index (χ3v) is 8.76. The fraction of sp³-hybridized carbons (Fsp3) is 0.179. The fourth-order valence-corrected chi connectivity index (χ4v) is 6.53. The molecule has 6 nitrogen and oxygen atoms in total. The molecule has 0 aliphatic carbocycles. The summed E-state index contributed by atoms with van der Waals surface area (Å²) < 4.78 is 6.79. The van der Waals surface area contributed by atoms with Crippen molar-refractivity contribution in [3.63, 3.8) is 0 Å². The number of nitrogens with one attached hydrogen (secondary N) is 1. The number of hydrogen-bond donors (Lipinski definition) is 1. The highest BCUT2D eigenvalue weighted by atomic mass is 127. The lowest BCUT2D eigenvalue weighted by molar-refractivity contribution is -0.154. The Morgan fingerprint density at radius 1 is 0.944 bits per heavy atom. The minimum Gasteiger partial charge on any atom is -0.448 e. The molecule has 2 heterocycles. The van der Waals surface area contributed by atoms with Crippen LogP contribution in [0.5, 0.6) is 0 Å². The number of benzene rings is 3. The number of rotatable bonds is 7. The summed E-state index contributed by atoms with van der Waals surface area (Å²) in [4.78, 5) is 40.7. The smallest absolute Gasteiger partial charge is 0.356 e. The molecule has 2 atom stereocenters. The molecule has 0 saturated carbocycles. The molecule has 1 unspecified atom stereocenters. The SMILES string of the molecule is O=C(Cc1ccccc1)NC1C(=O)N2C(C(=O)OC(c3ccccc3)c3ccccc3)=C(I)CS[C@@H]12. The van der Waals surface area contributed by atoms with Crippen molar-refractivity contribution in [2.45, 2.75) is 23.9 Å². The summed E-state index contributed by atoms with van der Waals surface area (Å²) >= 11 is 3.63. The zero-order valence-corrected chi connectivity index (χ0v) is 22.1. The van der Waals surface area contributed by atoms with E-state index in [1.165, 1.54) is 16.7 Å². The molecule has 1 saturated heterocycles. The number of esters is 1. The molecule has 0 aromatic heterocycles. The van der Waals surface area contributed by atoms with Crippen molar-refractivity contribution in [3.05, 3.63) is 117 Å². The van der Waals surface area contributed by atoms with Gasteiger partial charge in [0.15, 0.2) is 6.10 Å². The summed E-state index contributed by atoms with van der Waals surface area (Å²) in [6.07, 6.45) is -0.414. The van der Waals surface area contributed by atoms with E-state index in [0.29, 0.717) is 5.75 Å². The average Bonchev–Trinajstić information content (AvgIpc) is 2.91. The average molecular weight is 610 g/mol. The fourth-order valence-electron chi connectivity index (χ4n) is 4.32. The molecule has 5 rings (SSSR count). The Bertz CT molecular complexity index is 1260. The maximum Gasteiger partial charge on any atom is 0.356 e. The van der Waals surface area contributed by atoms with Crippen LogP contribution < -0.4 is 5.32 Å². The molecule has 0 bridgehead atoms. The molecule has 0 spiro atoms. The number of carbonyl (C=O) groups excluding carboxylic acids is 3. The summed E-state index contributed by atoms with van der Waals surface area (Å²) in [6, 6.07) is 27.8. The lowest BCUT2D eigenvalue weighted by atomic mass is 10.0. The monoisotopic (exact) mass is 610 g/mol. The van der Waals surface area contributed by atoms with E-state index in [9.17, 15) is 14.4 Å². The van der Waals surface area contributed by atoms with Crippen molar-refractivity contribution in [1.29, 1.82) is 0 Å². The Labute approximate surface area is 227 Å². The molecule has 2 amide bonds. The van der Waals surface area contributed by atoms with Gasteiger partial charge in [0.2, 0.25) is 5.91 Å². The summed E-state index contributed by atoms with van der Waals surface area (Å²) in [6.45, 7) is 0. The molecule has 1 N–H and O–H groups in total. The van der Waals surface area contributed by atoms with Gasteiger partial charge in [0.1, 0.15) is 17.1 Å². The van der Waals surface area contributed by atoms with Crippen molar-refractivity contribution >= 4 is 52.1 Å². The van der Waals surface area contributed by atoms with Gasteiger partial charge in [-0.25, -0.2) is 4.79 Å². The zero-order chi connectivity index (χ0) is 25.1. The van der Waals surface area contributed by atoms with E-state index in [2.05, 4.69) is 27.9 Å². The normalized spacial score (nSPS) is 18.9. The third-order valence-electron chi connectivity index (χ3n) is 6.07. The van der Waals surface area contributed by atoms with Crippen LogP contribution in [0.3, 0.4) is 0 Å². The second-order valence-corrected chi connectivity index (χ2v) is 10.9. The van der Waals surface area contributed by atoms with Crippen LogP contribution in [0.15, 0.2) is 100 Å². The van der Waals surface area contributed by atoms with E-state index in [4.69, 9.17) is 4.74 Å². The number of carbonyl (C=O) groups is 3. The van der Waals surface area contributed by atoms with Crippen LogP contribution in [0.1, 0.15) is 22.8 Å². The molecule has 3 aromatic rings. The lowest BCUT2D eigenvalue weighted by Crippen LogP contribution is -2.70. The van der Waals surface area contributed by atoms with E-state index in [0.717, 1.165) is 20.3 Å². The molecule has 8 heteroatoms. The summed E-state index contributed by atoms with van der Waals surface area (Å²) in [5.74, 6) is -0.511. The number of fused-ring (bicyclic) bond motifs is 1. The van der Waals surface area contributed by atoms with Crippen LogP contribution in [-0.2, 0) is 25.5 Å². The van der Waals surface area contributed by atoms with Crippen LogP contribution in [0.25, 0.3) is 0 Å². The molecular weight excluding hydrogens is 587 g/mol. The van der Waals surface area contributed by atoms with Crippen LogP contribution in [0.4, 0.5) is 0 Å². The van der Waals surface area contributed by atoms with E-state index in [-0.39, 0.29) is 29.3 Å². The van der Waals surface area contributed by atoms with Gasteiger partial charge in [-0.05, 0) is 39.3 Å². The van der Waals surface area contributed by atoms with E-state index in [1.807, 2.05) is 91.0 Å². The van der Waals surface area contributed by atoms with Gasteiger partial charge in [0.25, 0.3) is 5.91 Å². The van der Waals surface area contributed by atoms with Gasteiger partial charge in [0.05, 0.1) is 6.42 Å². The number of nitrogens with zero attached hydrogens (tertiary/aromatic N) is 1. The molecule has 2 aliphatic heterocycles. The number of β-lactam (4-membered cyclic amide) rings is 1. The number of thioether (sulfide) groups is 1. The van der Waals surface area contributed by atoms with Crippen LogP contribution in [0.2, 0.25) is 0 Å². The second-order valence-electron chi connectivity index (χ2n) is 8.48. The largest absolute Gasteiger partial charge is 0.448 e. The highest BCUT2D eigenvalue weighted by Crippen LogP contribution is 2.43. The first-order valence-electron chi connectivity index (χ1n) is 11.5. The maximum atomic E-state index is 13.5. The summed E-state index contributed by atoms with van der Waals surface area (Å²) in [5.41, 5.74) is 2.82. The van der Waals surface area contributed by atoms with Gasteiger partial charge >= 0.3 is 5.97 Å². The minimum atomic E-state index is -0.669. The Balaban J connectivity index is 1.32. The van der Waals surface area contributed by atoms with E-state index in [1.54, 1.807) is 0 Å². The van der Waals surface area contributed by atoms with Crippen molar-refractivity contribution in [2.75, 3.05) is 5.75 Å². The predicted octanol–water partition coefficient (Wildman–Crippen LogP) is 4.61. The first-order chi connectivity index (χ1) is 17.5. The minimum absolute atomic E-state index is 0.195. The first kappa shape index (κ1) is 24.6. The molecule has 2 aliphatic rings. The third kappa shape index (κ3) is 5.05. The Hall–Kier alpha value is -3.11. The van der Waals surface area contributed by atoms with Gasteiger partial charge in [-0.15, -0.1) is 11.8 Å². The lowest BCUT2D eigenvalue weighted by Gasteiger charge is -2.49. The second kappa shape index (κ2) is 10.9. The topological polar surface area (TPSA) is 75.7 Å². The first-order valence-corrected chi connectivity index (χ1v) is 13.6. The van der Waals surface area contributed by atoms with E-state index < -0.39 is 18.1 Å². The highest BCUT2D eigenvalue weighted by molar-refractivity contribution is 14.1. The zero-order valence-electron chi connectivity index (χ0n) is 19.2. The molecular formula is C28H23IN2O4S. The molecule has 1 fully saturated rings. The molecule has 0 radical (unpaired) electrons. The Morgan fingerprint density at radius 3 is 2.08 bits per heavy atom. The van der Waals surface area contributed by atoms with Crippen molar-refractivity contribution in [3.8, 4) is 0 Å². The predicted molar refractivity (Wildman–Crippen MR) is 147 cm³/mol.